The largest absolute Gasteiger partial charge is 0.481 e. The molecule has 0 aromatic heterocycles. The molecule has 0 unspecified atom stereocenters. The maximum absolute atomic E-state index is 12.9. The fraction of sp³-hybridized carbons (Fsp3) is 0.900. The van der Waals surface area contributed by atoms with Crippen LogP contribution in [0.15, 0.2) is 11.6 Å². The van der Waals surface area contributed by atoms with Gasteiger partial charge < -0.3 is 10.2 Å². The molecule has 0 spiro atoms. The Morgan fingerprint density at radius 1 is 0.971 bits per heavy atom. The molecule has 4 saturated carbocycles. The molecule has 0 aliphatic heterocycles. The highest BCUT2D eigenvalue weighted by Gasteiger charge is 2.71. The van der Waals surface area contributed by atoms with E-state index in [2.05, 4.69) is 54.5 Å². The summed E-state index contributed by atoms with van der Waals surface area (Å²) >= 11 is 0. The van der Waals surface area contributed by atoms with E-state index in [9.17, 15) is 20.3 Å². The first-order chi connectivity index (χ1) is 16.2. The van der Waals surface area contributed by atoms with Gasteiger partial charge >= 0.3 is 5.97 Å². The number of carbonyl (C=O) groups is 1. The Kier molecular flexibility index (Phi) is 5.73. The van der Waals surface area contributed by atoms with E-state index >= 15 is 0 Å². The van der Waals surface area contributed by atoms with Gasteiger partial charge in [0.25, 0.3) is 0 Å². The summed E-state index contributed by atoms with van der Waals surface area (Å²) in [6, 6.07) is 0. The molecule has 0 aromatic carbocycles. The second-order valence-electron chi connectivity index (χ2n) is 14.7. The summed E-state index contributed by atoms with van der Waals surface area (Å²) < 4.78 is 0. The van der Waals surface area contributed by atoms with Gasteiger partial charge in [0.1, 0.15) is 6.10 Å². The van der Waals surface area contributed by atoms with Crippen molar-refractivity contribution < 1.29 is 25.2 Å². The predicted octanol–water partition coefficient (Wildman–Crippen LogP) is 6.56. The van der Waals surface area contributed by atoms with Gasteiger partial charge in [-0.05, 0) is 96.7 Å². The minimum absolute atomic E-state index is 0.0203. The highest BCUT2D eigenvalue weighted by Crippen LogP contribution is 2.76. The SMILES string of the molecule is C[C@H]1[C@H](C)CC[C@]2(C(=O)O)CC[C@]3(C)C(=C[C@@H](OO)[C@@H]4[C@@]5(C)CC[C@H](O)C(C)(C)[C@@H]5CC[C@]43C)[C@H]12. The summed E-state index contributed by atoms with van der Waals surface area (Å²) in [5.74, 6) is 0.561. The molecular formula is C30H48O5. The van der Waals surface area contributed by atoms with Crippen molar-refractivity contribution in [1.82, 2.24) is 0 Å². The Balaban J connectivity index is 1.68. The van der Waals surface area contributed by atoms with Crippen molar-refractivity contribution in [3.63, 3.8) is 0 Å². The van der Waals surface area contributed by atoms with Crippen molar-refractivity contribution in [1.29, 1.82) is 0 Å². The molecule has 35 heavy (non-hydrogen) atoms. The van der Waals surface area contributed by atoms with Gasteiger partial charge in [-0.2, -0.15) is 0 Å². The maximum atomic E-state index is 12.9. The number of carboxylic acid groups (broad SMARTS) is 1. The van der Waals surface area contributed by atoms with Gasteiger partial charge in [0.2, 0.25) is 0 Å². The van der Waals surface area contributed by atoms with Crippen molar-refractivity contribution in [3.05, 3.63) is 11.6 Å². The van der Waals surface area contributed by atoms with Gasteiger partial charge in [0.15, 0.2) is 0 Å². The van der Waals surface area contributed by atoms with E-state index in [0.717, 1.165) is 51.4 Å². The molecule has 4 fully saturated rings. The average Bonchev–Trinajstić information content (AvgIpc) is 2.79. The standard InChI is InChI=1S/C30H48O5/c1-17-8-13-30(25(32)33)15-14-28(6)19(23(30)18(17)2)16-20(35-34)24-27(5)11-10-22(31)26(3,4)21(27)9-12-29(24,28)7/h16-18,20-24,31,34H,8-15H2,1-7H3,(H,32,33)/t17-,18+,20-,21+,22+,23+,24-,27+,28-,29-,30+/m1/s1. The van der Waals surface area contributed by atoms with Crippen LogP contribution in [0.3, 0.4) is 0 Å². The van der Waals surface area contributed by atoms with Crippen molar-refractivity contribution in [2.75, 3.05) is 0 Å². The number of hydrogen-bond acceptors (Lipinski definition) is 4. The molecule has 0 bridgehead atoms. The predicted molar refractivity (Wildman–Crippen MR) is 135 cm³/mol. The third-order valence-corrected chi connectivity index (χ3v) is 13.4. The van der Waals surface area contributed by atoms with Crippen LogP contribution >= 0.6 is 0 Å². The van der Waals surface area contributed by atoms with E-state index in [4.69, 9.17) is 4.89 Å². The van der Waals surface area contributed by atoms with Crippen molar-refractivity contribution in [3.8, 4) is 0 Å². The molecule has 0 heterocycles. The number of allylic oxidation sites excluding steroid dienone is 1. The number of hydrogen-bond donors (Lipinski definition) is 3. The van der Waals surface area contributed by atoms with Crippen LogP contribution in [0.25, 0.3) is 0 Å². The molecule has 0 aromatic rings. The fourth-order valence-corrected chi connectivity index (χ4v) is 11.0. The Morgan fingerprint density at radius 3 is 2.29 bits per heavy atom. The summed E-state index contributed by atoms with van der Waals surface area (Å²) in [5, 5.41) is 31.9. The summed E-state index contributed by atoms with van der Waals surface area (Å²) in [7, 11) is 0. The smallest absolute Gasteiger partial charge is 0.310 e. The molecule has 5 rings (SSSR count). The van der Waals surface area contributed by atoms with Crippen LogP contribution in [0.5, 0.6) is 0 Å². The summed E-state index contributed by atoms with van der Waals surface area (Å²) in [6.07, 6.45) is 8.51. The normalized spacial score (nSPS) is 55.0. The lowest BCUT2D eigenvalue weighted by molar-refractivity contribution is -0.322. The first-order valence-electron chi connectivity index (χ1n) is 14.1. The van der Waals surface area contributed by atoms with E-state index in [0.29, 0.717) is 11.8 Å². The van der Waals surface area contributed by atoms with Crippen molar-refractivity contribution in [2.45, 2.75) is 112 Å². The van der Waals surface area contributed by atoms with Crippen LogP contribution in [0.1, 0.15) is 99.8 Å². The molecule has 0 radical (unpaired) electrons. The fourth-order valence-electron chi connectivity index (χ4n) is 11.0. The molecule has 5 heteroatoms. The average molecular weight is 489 g/mol. The lowest BCUT2D eigenvalue weighted by Gasteiger charge is -2.72. The molecule has 0 amide bonds. The molecule has 3 N–H and O–H groups in total. The first-order valence-corrected chi connectivity index (χ1v) is 14.1. The van der Waals surface area contributed by atoms with E-state index in [-0.39, 0.29) is 45.5 Å². The van der Waals surface area contributed by atoms with Gasteiger partial charge in [-0.15, -0.1) is 0 Å². The highest BCUT2D eigenvalue weighted by molar-refractivity contribution is 5.76. The van der Waals surface area contributed by atoms with E-state index < -0.39 is 17.5 Å². The van der Waals surface area contributed by atoms with Crippen LogP contribution in [0.2, 0.25) is 0 Å². The third kappa shape index (κ3) is 3.01. The Bertz CT molecular complexity index is 926. The number of rotatable bonds is 2. The molecule has 5 aliphatic rings. The van der Waals surface area contributed by atoms with Crippen molar-refractivity contribution >= 4 is 5.97 Å². The minimum atomic E-state index is -0.710. The number of fused-ring (bicyclic) bond motifs is 7. The Hall–Kier alpha value is -0.910. The van der Waals surface area contributed by atoms with Gasteiger partial charge in [-0.25, -0.2) is 4.89 Å². The number of aliphatic hydroxyl groups is 1. The number of carboxylic acids is 1. The van der Waals surface area contributed by atoms with Crippen LogP contribution < -0.4 is 0 Å². The quantitative estimate of drug-likeness (QED) is 0.233. The zero-order valence-electron chi connectivity index (χ0n) is 22.9. The molecule has 5 aliphatic carbocycles. The summed E-state index contributed by atoms with van der Waals surface area (Å²) in [4.78, 5) is 18.2. The van der Waals surface area contributed by atoms with E-state index in [1.807, 2.05) is 0 Å². The topological polar surface area (TPSA) is 87.0 Å². The van der Waals surface area contributed by atoms with Crippen molar-refractivity contribution in [2.24, 2.45) is 56.7 Å². The van der Waals surface area contributed by atoms with Crippen LogP contribution in [-0.4, -0.2) is 33.6 Å². The van der Waals surface area contributed by atoms with Crippen LogP contribution in [0.4, 0.5) is 0 Å². The zero-order valence-corrected chi connectivity index (χ0v) is 22.9. The minimum Gasteiger partial charge on any atom is -0.481 e. The van der Waals surface area contributed by atoms with E-state index in [1.165, 1.54) is 5.57 Å². The molecule has 5 nitrogen and oxygen atoms in total. The zero-order chi connectivity index (χ0) is 25.8. The molecule has 198 valence electrons. The molecule has 11 atom stereocenters. The highest BCUT2D eigenvalue weighted by atomic mass is 17.1. The maximum Gasteiger partial charge on any atom is 0.310 e. The van der Waals surface area contributed by atoms with Gasteiger partial charge in [0, 0.05) is 5.92 Å². The lowest BCUT2D eigenvalue weighted by Crippen LogP contribution is -2.68. The second kappa shape index (κ2) is 7.80. The van der Waals surface area contributed by atoms with Gasteiger partial charge in [-0.3, -0.25) is 10.1 Å². The number of aliphatic carboxylic acids is 1. The summed E-state index contributed by atoms with van der Waals surface area (Å²) in [6.45, 7) is 16.2. The van der Waals surface area contributed by atoms with Crippen LogP contribution in [-0.2, 0) is 9.68 Å². The first kappa shape index (κ1) is 25.7. The Labute approximate surface area is 211 Å². The Morgan fingerprint density at radius 2 is 1.66 bits per heavy atom. The molecule has 0 saturated heterocycles. The van der Waals surface area contributed by atoms with Gasteiger partial charge in [-0.1, -0.05) is 60.1 Å². The van der Waals surface area contributed by atoms with E-state index in [1.54, 1.807) is 0 Å². The third-order valence-electron chi connectivity index (χ3n) is 13.4. The molecular weight excluding hydrogens is 440 g/mol. The second-order valence-corrected chi connectivity index (χ2v) is 14.7. The summed E-state index contributed by atoms with van der Waals surface area (Å²) in [5.41, 5.74) is 0.0478. The lowest BCUT2D eigenvalue weighted by atomic mass is 9.33. The van der Waals surface area contributed by atoms with Gasteiger partial charge in [0.05, 0.1) is 11.5 Å². The monoisotopic (exact) mass is 488 g/mol. The number of aliphatic hydroxyl groups excluding tert-OH is 1. The van der Waals surface area contributed by atoms with Crippen LogP contribution in [0, 0.1) is 56.7 Å².